The van der Waals surface area contributed by atoms with Crippen LogP contribution in [0.2, 0.25) is 0 Å². The fraction of sp³-hybridized carbons (Fsp3) is 0.150. The molecular formula is C20H16O7. The van der Waals surface area contributed by atoms with Gasteiger partial charge in [-0.1, -0.05) is 0 Å². The summed E-state index contributed by atoms with van der Waals surface area (Å²) in [6, 6.07) is 9.26. The van der Waals surface area contributed by atoms with E-state index in [1.54, 1.807) is 12.1 Å². The highest BCUT2D eigenvalue weighted by Crippen LogP contribution is 2.33. The van der Waals surface area contributed by atoms with Crippen LogP contribution < -0.4 is 19.6 Å². The number of carbonyl (C=O) groups excluding carboxylic acids is 2. The monoisotopic (exact) mass is 368 g/mol. The van der Waals surface area contributed by atoms with Gasteiger partial charge in [0.25, 0.3) is 0 Å². The van der Waals surface area contributed by atoms with Crippen molar-refractivity contribution in [2.24, 2.45) is 0 Å². The highest BCUT2D eigenvalue weighted by Gasteiger charge is 2.16. The maximum Gasteiger partial charge on any atom is 0.308 e. The molecule has 0 amide bonds. The van der Waals surface area contributed by atoms with Crippen LogP contribution in [0.4, 0.5) is 0 Å². The van der Waals surface area contributed by atoms with E-state index >= 15 is 0 Å². The van der Waals surface area contributed by atoms with Crippen molar-refractivity contribution in [1.82, 2.24) is 0 Å². The number of carbonyl (C=O) groups is 2. The van der Waals surface area contributed by atoms with Crippen LogP contribution >= 0.6 is 0 Å². The predicted octanol–water partition coefficient (Wildman–Crippen LogP) is 3.32. The summed E-state index contributed by atoms with van der Waals surface area (Å²) >= 11 is 0. The van der Waals surface area contributed by atoms with Gasteiger partial charge in [0.2, 0.25) is 5.43 Å². The number of benzene rings is 2. The lowest BCUT2D eigenvalue weighted by Crippen LogP contribution is -2.08. The molecule has 0 aliphatic carbocycles. The first-order chi connectivity index (χ1) is 12.9. The van der Waals surface area contributed by atoms with Crippen molar-refractivity contribution in [1.29, 1.82) is 0 Å². The predicted molar refractivity (Wildman–Crippen MR) is 97.1 cm³/mol. The van der Waals surface area contributed by atoms with Crippen LogP contribution in [-0.2, 0) is 9.59 Å². The molecule has 7 nitrogen and oxygen atoms in total. The van der Waals surface area contributed by atoms with Gasteiger partial charge < -0.3 is 18.6 Å². The molecule has 27 heavy (non-hydrogen) atoms. The molecule has 3 aromatic rings. The van der Waals surface area contributed by atoms with Gasteiger partial charge >= 0.3 is 11.9 Å². The third kappa shape index (κ3) is 3.82. The first-order valence-corrected chi connectivity index (χ1v) is 8.00. The number of ether oxygens (including phenoxy) is 3. The summed E-state index contributed by atoms with van der Waals surface area (Å²) in [6.45, 7) is 2.55. The van der Waals surface area contributed by atoms with E-state index in [1.807, 2.05) is 0 Å². The smallest absolute Gasteiger partial charge is 0.308 e. The Morgan fingerprint density at radius 3 is 2.26 bits per heavy atom. The van der Waals surface area contributed by atoms with E-state index in [1.165, 1.54) is 51.5 Å². The fourth-order valence-electron chi connectivity index (χ4n) is 2.62. The molecule has 0 aliphatic heterocycles. The largest absolute Gasteiger partial charge is 0.497 e. The van der Waals surface area contributed by atoms with Gasteiger partial charge in [-0.3, -0.25) is 14.4 Å². The van der Waals surface area contributed by atoms with Crippen LogP contribution in [0.15, 0.2) is 51.9 Å². The Labute approximate surface area is 154 Å². The maximum atomic E-state index is 12.9. The lowest BCUT2D eigenvalue weighted by atomic mass is 10.0. The third-order valence-electron chi connectivity index (χ3n) is 3.74. The summed E-state index contributed by atoms with van der Waals surface area (Å²) in [5, 5.41) is 0.299. The highest BCUT2D eigenvalue weighted by molar-refractivity contribution is 5.85. The molecule has 0 saturated carbocycles. The SMILES string of the molecule is COc1ccc(-c2coc3cc(OC(C)=O)ccc3c2=O)c(OC(C)=O)c1. The van der Waals surface area contributed by atoms with Gasteiger partial charge in [0.05, 0.1) is 18.1 Å². The Bertz CT molecular complexity index is 1100. The summed E-state index contributed by atoms with van der Waals surface area (Å²) in [5.74, 6) is -0.0644. The minimum atomic E-state index is -0.527. The lowest BCUT2D eigenvalue weighted by Gasteiger charge is -2.11. The zero-order chi connectivity index (χ0) is 19.6. The van der Waals surface area contributed by atoms with Crippen LogP contribution in [0.1, 0.15) is 13.8 Å². The zero-order valence-corrected chi connectivity index (χ0v) is 14.9. The average molecular weight is 368 g/mol. The van der Waals surface area contributed by atoms with Crippen molar-refractivity contribution in [3.8, 4) is 28.4 Å². The van der Waals surface area contributed by atoms with E-state index in [0.29, 0.717) is 16.7 Å². The Morgan fingerprint density at radius 1 is 0.889 bits per heavy atom. The van der Waals surface area contributed by atoms with Crippen molar-refractivity contribution in [3.05, 3.63) is 52.9 Å². The van der Waals surface area contributed by atoms with Gasteiger partial charge in [-0.25, -0.2) is 0 Å². The molecule has 1 aromatic heterocycles. The Balaban J connectivity index is 2.15. The fourth-order valence-corrected chi connectivity index (χ4v) is 2.62. The van der Waals surface area contributed by atoms with E-state index in [-0.39, 0.29) is 28.1 Å². The summed E-state index contributed by atoms with van der Waals surface area (Å²) in [7, 11) is 1.48. The van der Waals surface area contributed by atoms with Gasteiger partial charge in [0.15, 0.2) is 0 Å². The molecule has 0 bridgehead atoms. The van der Waals surface area contributed by atoms with Crippen LogP contribution in [-0.4, -0.2) is 19.0 Å². The van der Waals surface area contributed by atoms with Gasteiger partial charge in [0.1, 0.15) is 29.1 Å². The van der Waals surface area contributed by atoms with Gasteiger partial charge in [0, 0.05) is 31.5 Å². The average Bonchev–Trinajstić information content (AvgIpc) is 2.61. The molecule has 0 fully saturated rings. The molecule has 7 heteroatoms. The molecular weight excluding hydrogens is 352 g/mol. The minimum absolute atomic E-state index is 0.185. The first kappa shape index (κ1) is 18.2. The van der Waals surface area contributed by atoms with Crippen molar-refractivity contribution in [2.45, 2.75) is 13.8 Å². The number of esters is 2. The summed E-state index contributed by atoms with van der Waals surface area (Å²) in [6.07, 6.45) is 1.27. The standard InChI is InChI=1S/C20H16O7/c1-11(21)26-14-5-7-16-18(9-14)25-10-17(20(16)23)15-6-4-13(24-3)8-19(15)27-12(2)22/h4-10H,1-3H3. The van der Waals surface area contributed by atoms with Crippen molar-refractivity contribution in [2.75, 3.05) is 7.11 Å². The number of methoxy groups -OCH3 is 1. The topological polar surface area (TPSA) is 92.0 Å². The summed E-state index contributed by atoms with van der Waals surface area (Å²) in [4.78, 5) is 35.4. The second kappa shape index (κ2) is 7.33. The van der Waals surface area contributed by atoms with Crippen molar-refractivity contribution < 1.29 is 28.2 Å². The molecule has 1 heterocycles. The second-order valence-electron chi connectivity index (χ2n) is 5.69. The molecule has 0 saturated heterocycles. The molecule has 0 aliphatic rings. The van der Waals surface area contributed by atoms with Crippen LogP contribution in [0.25, 0.3) is 22.1 Å². The van der Waals surface area contributed by atoms with E-state index in [9.17, 15) is 14.4 Å². The molecule has 0 N–H and O–H groups in total. The van der Waals surface area contributed by atoms with E-state index in [4.69, 9.17) is 18.6 Å². The first-order valence-electron chi connectivity index (χ1n) is 8.00. The zero-order valence-electron chi connectivity index (χ0n) is 14.9. The third-order valence-corrected chi connectivity index (χ3v) is 3.74. The number of fused-ring (bicyclic) bond motifs is 1. The molecule has 2 aromatic carbocycles. The second-order valence-corrected chi connectivity index (χ2v) is 5.69. The van der Waals surface area contributed by atoms with Crippen LogP contribution in [0.5, 0.6) is 17.2 Å². The summed E-state index contributed by atoms with van der Waals surface area (Å²) in [5.41, 5.74) is 0.571. The van der Waals surface area contributed by atoms with Crippen molar-refractivity contribution >= 4 is 22.9 Å². The van der Waals surface area contributed by atoms with Gasteiger partial charge in [-0.05, 0) is 24.3 Å². The number of rotatable bonds is 4. The normalized spacial score (nSPS) is 10.5. The maximum absolute atomic E-state index is 12.9. The molecule has 0 spiro atoms. The Kier molecular flexibility index (Phi) is 4.94. The number of hydrogen-bond donors (Lipinski definition) is 0. The van der Waals surface area contributed by atoms with Crippen molar-refractivity contribution in [3.63, 3.8) is 0 Å². The molecule has 0 radical (unpaired) electrons. The van der Waals surface area contributed by atoms with E-state index in [2.05, 4.69) is 0 Å². The molecule has 138 valence electrons. The van der Waals surface area contributed by atoms with Gasteiger partial charge in [-0.15, -0.1) is 0 Å². The van der Waals surface area contributed by atoms with Crippen LogP contribution in [0.3, 0.4) is 0 Å². The van der Waals surface area contributed by atoms with E-state index < -0.39 is 11.9 Å². The minimum Gasteiger partial charge on any atom is -0.497 e. The molecule has 0 atom stereocenters. The lowest BCUT2D eigenvalue weighted by molar-refractivity contribution is -0.132. The molecule has 0 unspecified atom stereocenters. The van der Waals surface area contributed by atoms with Crippen LogP contribution in [0, 0.1) is 0 Å². The summed E-state index contributed by atoms with van der Waals surface area (Å²) < 4.78 is 20.9. The molecule has 3 rings (SSSR count). The number of hydrogen-bond acceptors (Lipinski definition) is 7. The highest BCUT2D eigenvalue weighted by atomic mass is 16.5. The quantitative estimate of drug-likeness (QED) is 0.515. The van der Waals surface area contributed by atoms with E-state index in [0.717, 1.165) is 0 Å². The van der Waals surface area contributed by atoms with Gasteiger partial charge in [-0.2, -0.15) is 0 Å². The Hall–Kier alpha value is -3.61. The Morgan fingerprint density at radius 2 is 1.59 bits per heavy atom.